The van der Waals surface area contributed by atoms with Gasteiger partial charge in [-0.2, -0.15) is 0 Å². The zero-order chi connectivity index (χ0) is 15.3. The van der Waals surface area contributed by atoms with E-state index in [2.05, 4.69) is 9.62 Å². The van der Waals surface area contributed by atoms with Crippen molar-refractivity contribution in [1.29, 1.82) is 0 Å². The zero-order valence-electron chi connectivity index (χ0n) is 12.3. The fraction of sp³-hybridized carbons (Fsp3) is 0.692. The van der Waals surface area contributed by atoms with Gasteiger partial charge < -0.3 is 10.5 Å². The van der Waals surface area contributed by atoms with E-state index in [4.69, 9.17) is 10.5 Å². The van der Waals surface area contributed by atoms with Crippen LogP contribution in [0.1, 0.15) is 16.2 Å². The molecule has 0 bridgehead atoms. The van der Waals surface area contributed by atoms with E-state index >= 15 is 0 Å². The molecule has 1 aromatic heterocycles. The lowest BCUT2D eigenvalue weighted by Crippen LogP contribution is -2.38. The van der Waals surface area contributed by atoms with Gasteiger partial charge in [-0.3, -0.25) is 4.90 Å². The summed E-state index contributed by atoms with van der Waals surface area (Å²) in [7, 11) is -3.42. The highest BCUT2D eigenvalue weighted by molar-refractivity contribution is 7.89. The van der Waals surface area contributed by atoms with Crippen LogP contribution in [0.15, 0.2) is 11.0 Å². The lowest BCUT2D eigenvalue weighted by atomic mass is 10.3. The second kappa shape index (κ2) is 7.66. The number of aryl methyl sites for hydroxylation is 1. The van der Waals surface area contributed by atoms with Gasteiger partial charge in [0.1, 0.15) is 0 Å². The minimum Gasteiger partial charge on any atom is -0.379 e. The summed E-state index contributed by atoms with van der Waals surface area (Å²) in [6.07, 6.45) is 0.798. The normalized spacial score (nSPS) is 17.2. The first-order valence-electron chi connectivity index (χ1n) is 7.12. The zero-order valence-corrected chi connectivity index (χ0v) is 13.9. The summed E-state index contributed by atoms with van der Waals surface area (Å²) >= 11 is 1.44. The van der Waals surface area contributed by atoms with Gasteiger partial charge in [-0.05, 0) is 26.0 Å². The van der Waals surface area contributed by atoms with Crippen molar-refractivity contribution in [1.82, 2.24) is 9.62 Å². The van der Waals surface area contributed by atoms with Crippen molar-refractivity contribution in [3.63, 3.8) is 0 Å². The highest BCUT2D eigenvalue weighted by atomic mass is 32.2. The number of nitrogens with two attached hydrogens (primary N) is 1. The van der Waals surface area contributed by atoms with Gasteiger partial charge in [-0.1, -0.05) is 0 Å². The molecule has 3 N–H and O–H groups in total. The Morgan fingerprint density at radius 2 is 2.14 bits per heavy atom. The largest absolute Gasteiger partial charge is 0.379 e. The summed E-state index contributed by atoms with van der Waals surface area (Å²) in [5.74, 6) is 0. The lowest BCUT2D eigenvalue weighted by Gasteiger charge is -2.26. The quantitative estimate of drug-likeness (QED) is 0.711. The first kappa shape index (κ1) is 16.9. The van der Waals surface area contributed by atoms with Gasteiger partial charge in [0.2, 0.25) is 10.0 Å². The number of nitrogens with one attached hydrogen (secondary N) is 1. The Labute approximate surface area is 130 Å². The summed E-state index contributed by atoms with van der Waals surface area (Å²) in [5, 5.41) is 0. The SMILES string of the molecule is Cc1sc(CN)cc1S(=O)(=O)NCCCN1CCOCC1. The van der Waals surface area contributed by atoms with Gasteiger partial charge in [-0.15, -0.1) is 11.3 Å². The van der Waals surface area contributed by atoms with Crippen molar-refractivity contribution >= 4 is 21.4 Å². The Morgan fingerprint density at radius 3 is 2.76 bits per heavy atom. The second-order valence-electron chi connectivity index (χ2n) is 5.04. The van der Waals surface area contributed by atoms with Gasteiger partial charge >= 0.3 is 0 Å². The standard InChI is InChI=1S/C13H23N3O3S2/c1-11-13(9-12(10-14)20-11)21(17,18)15-3-2-4-16-5-7-19-8-6-16/h9,15H,2-8,10,14H2,1H3. The molecule has 1 aliphatic rings. The first-order valence-corrected chi connectivity index (χ1v) is 9.42. The van der Waals surface area contributed by atoms with E-state index in [1.807, 2.05) is 6.92 Å². The van der Waals surface area contributed by atoms with Crippen molar-refractivity contribution in [2.24, 2.45) is 5.73 Å². The molecule has 0 spiro atoms. The van der Waals surface area contributed by atoms with Crippen molar-refractivity contribution in [2.45, 2.75) is 24.8 Å². The topological polar surface area (TPSA) is 84.7 Å². The molecule has 0 aliphatic carbocycles. The third-order valence-electron chi connectivity index (χ3n) is 3.46. The summed E-state index contributed by atoms with van der Waals surface area (Å²) < 4.78 is 32.5. The molecule has 1 aliphatic heterocycles. The molecule has 6 nitrogen and oxygen atoms in total. The minimum absolute atomic E-state index is 0.360. The van der Waals surface area contributed by atoms with Crippen molar-refractivity contribution in [2.75, 3.05) is 39.4 Å². The van der Waals surface area contributed by atoms with Gasteiger partial charge in [0.25, 0.3) is 0 Å². The fourth-order valence-corrected chi connectivity index (χ4v) is 4.89. The monoisotopic (exact) mass is 333 g/mol. The number of ether oxygens (including phenoxy) is 1. The van der Waals surface area contributed by atoms with E-state index < -0.39 is 10.0 Å². The maximum atomic E-state index is 12.3. The molecule has 0 aromatic carbocycles. The van der Waals surface area contributed by atoms with E-state index in [0.29, 0.717) is 18.0 Å². The Bertz CT molecular complexity index is 551. The maximum Gasteiger partial charge on any atom is 0.241 e. The number of nitrogens with zero attached hydrogens (tertiary/aromatic N) is 1. The van der Waals surface area contributed by atoms with E-state index in [1.54, 1.807) is 6.07 Å². The van der Waals surface area contributed by atoms with Crippen LogP contribution in [-0.4, -0.2) is 52.7 Å². The highest BCUT2D eigenvalue weighted by Crippen LogP contribution is 2.25. The van der Waals surface area contributed by atoms with Crippen molar-refractivity contribution < 1.29 is 13.2 Å². The van der Waals surface area contributed by atoms with E-state index in [1.165, 1.54) is 11.3 Å². The number of thiophene rings is 1. The molecule has 2 rings (SSSR count). The summed E-state index contributed by atoms with van der Waals surface area (Å²) in [6.45, 7) is 6.91. The number of morpholine rings is 1. The van der Waals surface area contributed by atoms with E-state index in [-0.39, 0.29) is 0 Å². The maximum absolute atomic E-state index is 12.3. The van der Waals surface area contributed by atoms with Crippen LogP contribution in [0, 0.1) is 6.92 Å². The second-order valence-corrected chi connectivity index (χ2v) is 8.12. The highest BCUT2D eigenvalue weighted by Gasteiger charge is 2.19. The molecular weight excluding hydrogens is 310 g/mol. The Morgan fingerprint density at radius 1 is 1.43 bits per heavy atom. The van der Waals surface area contributed by atoms with Crippen LogP contribution in [-0.2, 0) is 21.3 Å². The van der Waals surface area contributed by atoms with Gasteiger partial charge in [-0.25, -0.2) is 13.1 Å². The third-order valence-corrected chi connectivity index (χ3v) is 6.25. The number of hydrogen-bond donors (Lipinski definition) is 2. The van der Waals surface area contributed by atoms with Crippen LogP contribution in [0.25, 0.3) is 0 Å². The average Bonchev–Trinajstić information content (AvgIpc) is 2.87. The summed E-state index contributed by atoms with van der Waals surface area (Å²) in [5.41, 5.74) is 5.56. The number of sulfonamides is 1. The predicted molar refractivity (Wildman–Crippen MR) is 84.0 cm³/mol. The molecule has 0 saturated carbocycles. The molecule has 0 radical (unpaired) electrons. The molecule has 120 valence electrons. The molecule has 0 amide bonds. The molecule has 0 atom stereocenters. The molecule has 1 aromatic rings. The van der Waals surface area contributed by atoms with Crippen LogP contribution >= 0.6 is 11.3 Å². The number of rotatable bonds is 7. The fourth-order valence-electron chi connectivity index (χ4n) is 2.30. The van der Waals surface area contributed by atoms with E-state index in [9.17, 15) is 8.42 Å². The van der Waals surface area contributed by atoms with Gasteiger partial charge in [0.15, 0.2) is 0 Å². The summed E-state index contributed by atoms with van der Waals surface area (Å²) in [6, 6.07) is 1.67. The molecule has 8 heteroatoms. The molecule has 1 fully saturated rings. The minimum atomic E-state index is -3.42. The molecule has 1 saturated heterocycles. The van der Waals surface area contributed by atoms with Crippen molar-refractivity contribution in [3.05, 3.63) is 15.8 Å². The Hall–Kier alpha value is -0.510. The lowest BCUT2D eigenvalue weighted by molar-refractivity contribution is 0.0376. The smallest absolute Gasteiger partial charge is 0.241 e. The molecular formula is C13H23N3O3S2. The van der Waals surface area contributed by atoms with E-state index in [0.717, 1.165) is 49.0 Å². The summed E-state index contributed by atoms with van der Waals surface area (Å²) in [4.78, 5) is 4.33. The third kappa shape index (κ3) is 4.73. The molecule has 21 heavy (non-hydrogen) atoms. The van der Waals surface area contributed by atoms with Gasteiger partial charge in [0.05, 0.1) is 18.1 Å². The van der Waals surface area contributed by atoms with Gasteiger partial charge in [0, 0.05) is 35.9 Å². The Balaban J connectivity index is 1.82. The Kier molecular flexibility index (Phi) is 6.15. The first-order chi connectivity index (χ1) is 10.0. The van der Waals surface area contributed by atoms with Crippen molar-refractivity contribution in [3.8, 4) is 0 Å². The van der Waals surface area contributed by atoms with Crippen LogP contribution in [0.2, 0.25) is 0 Å². The predicted octanol–water partition coefficient (Wildman–Crippen LogP) is 0.516. The number of hydrogen-bond acceptors (Lipinski definition) is 6. The van der Waals surface area contributed by atoms with Crippen LogP contribution in [0.5, 0.6) is 0 Å². The van der Waals surface area contributed by atoms with Crippen LogP contribution in [0.3, 0.4) is 0 Å². The molecule has 0 unspecified atom stereocenters. The average molecular weight is 333 g/mol. The van der Waals surface area contributed by atoms with Crippen LogP contribution < -0.4 is 10.5 Å². The molecule has 2 heterocycles. The van der Waals surface area contributed by atoms with Crippen LogP contribution in [0.4, 0.5) is 0 Å².